The molecule has 36 heavy (non-hydrogen) atoms. The lowest BCUT2D eigenvalue weighted by atomic mass is 10.0. The standard InChI is InChI=1S/C27H25N5O4/c1-3-35-24-14-18(8-10-21(24)26-31-27(33)36-32-26)22-15-25(30-16-29-22)28-13-12-20-19-7-5-4-6-17(19)9-11-23(20)34-2/h4-11,14-16H,3,12-13H2,1-2H3,(H,28,29,30)(H,31,32,33). The molecular formula is C27H25N5O4. The van der Waals surface area contributed by atoms with Crippen LogP contribution < -0.4 is 14.8 Å². The minimum absolute atomic E-state index is 0.247. The third-order valence-corrected chi connectivity index (χ3v) is 5.80. The maximum absolute atomic E-state index is 9.41. The summed E-state index contributed by atoms with van der Waals surface area (Å²) in [5, 5.41) is 19.0. The topological polar surface area (TPSA) is 115 Å². The fourth-order valence-corrected chi connectivity index (χ4v) is 4.16. The third-order valence-electron chi connectivity index (χ3n) is 5.80. The van der Waals surface area contributed by atoms with Crippen LogP contribution in [0, 0.1) is 0 Å². The smallest absolute Gasteiger partial charge is 0.415 e. The van der Waals surface area contributed by atoms with E-state index in [0.717, 1.165) is 29.0 Å². The van der Waals surface area contributed by atoms with Gasteiger partial charge in [-0.05, 0) is 42.3 Å². The van der Waals surface area contributed by atoms with Gasteiger partial charge in [-0.2, -0.15) is 4.98 Å². The maximum Gasteiger partial charge on any atom is 0.415 e. The lowest BCUT2D eigenvalue weighted by Gasteiger charge is -2.13. The Hall–Kier alpha value is -4.66. The van der Waals surface area contributed by atoms with Gasteiger partial charge in [0, 0.05) is 23.7 Å². The van der Waals surface area contributed by atoms with E-state index in [2.05, 4.69) is 43.6 Å². The number of nitrogens with zero attached hydrogens (tertiary/aromatic N) is 4. The number of ether oxygens (including phenoxy) is 2. The minimum Gasteiger partial charge on any atom is -0.496 e. The van der Waals surface area contributed by atoms with Crippen LogP contribution in [-0.4, -0.2) is 45.5 Å². The van der Waals surface area contributed by atoms with E-state index in [1.165, 1.54) is 17.1 Å². The molecule has 0 amide bonds. The summed E-state index contributed by atoms with van der Waals surface area (Å²) in [5.74, 6) is 2.39. The molecule has 2 aromatic heterocycles. The summed E-state index contributed by atoms with van der Waals surface area (Å²) in [6.45, 7) is 3.02. The Bertz CT molecular complexity index is 1500. The van der Waals surface area contributed by atoms with Crippen LogP contribution in [0.2, 0.25) is 0 Å². The van der Waals surface area contributed by atoms with E-state index in [1.54, 1.807) is 7.11 Å². The Balaban J connectivity index is 1.35. The molecule has 0 saturated carbocycles. The first-order valence-corrected chi connectivity index (χ1v) is 11.6. The van der Waals surface area contributed by atoms with Crippen LogP contribution in [0.1, 0.15) is 12.5 Å². The normalized spacial score (nSPS) is 10.9. The van der Waals surface area contributed by atoms with Crippen LogP contribution >= 0.6 is 0 Å². The van der Waals surface area contributed by atoms with Gasteiger partial charge in [-0.1, -0.05) is 41.6 Å². The van der Waals surface area contributed by atoms with Crippen LogP contribution in [0.15, 0.2) is 71.5 Å². The number of aromatic nitrogens is 4. The number of rotatable bonds is 9. The van der Waals surface area contributed by atoms with Gasteiger partial charge in [0.15, 0.2) is 0 Å². The molecule has 0 fully saturated rings. The number of benzene rings is 3. The van der Waals surface area contributed by atoms with Gasteiger partial charge in [-0.15, -0.1) is 0 Å². The summed E-state index contributed by atoms with van der Waals surface area (Å²) in [7, 11) is 1.70. The van der Waals surface area contributed by atoms with Crippen molar-refractivity contribution in [3.63, 3.8) is 0 Å². The Morgan fingerprint density at radius 1 is 1.00 bits per heavy atom. The molecule has 0 spiro atoms. The molecule has 2 heterocycles. The van der Waals surface area contributed by atoms with Crippen molar-refractivity contribution in [2.75, 3.05) is 25.6 Å². The van der Waals surface area contributed by atoms with Crippen molar-refractivity contribution in [2.45, 2.75) is 13.3 Å². The Morgan fingerprint density at radius 2 is 1.89 bits per heavy atom. The zero-order valence-corrected chi connectivity index (χ0v) is 19.9. The highest BCUT2D eigenvalue weighted by molar-refractivity contribution is 5.87. The van der Waals surface area contributed by atoms with E-state index in [9.17, 15) is 5.11 Å². The van der Waals surface area contributed by atoms with Crippen LogP contribution in [0.3, 0.4) is 0 Å². The number of hydrogen-bond donors (Lipinski definition) is 2. The molecule has 182 valence electrons. The van der Waals surface area contributed by atoms with Crippen LogP contribution in [-0.2, 0) is 6.42 Å². The number of fused-ring (bicyclic) bond motifs is 1. The molecule has 0 radical (unpaired) electrons. The van der Waals surface area contributed by atoms with Crippen molar-refractivity contribution in [3.8, 4) is 40.2 Å². The Kier molecular flexibility index (Phi) is 6.61. The summed E-state index contributed by atoms with van der Waals surface area (Å²) in [4.78, 5) is 12.7. The summed E-state index contributed by atoms with van der Waals surface area (Å²) >= 11 is 0. The van der Waals surface area contributed by atoms with E-state index in [4.69, 9.17) is 14.0 Å². The molecule has 0 unspecified atom stereocenters. The molecule has 0 bridgehead atoms. The summed E-state index contributed by atoms with van der Waals surface area (Å²) in [6, 6.07) is 19.8. The molecule has 5 aromatic rings. The van der Waals surface area contributed by atoms with Gasteiger partial charge >= 0.3 is 6.08 Å². The van der Waals surface area contributed by atoms with Crippen molar-refractivity contribution in [1.82, 2.24) is 20.1 Å². The minimum atomic E-state index is -0.496. The fraction of sp³-hybridized carbons (Fsp3) is 0.185. The van der Waals surface area contributed by atoms with Gasteiger partial charge in [-0.3, -0.25) is 4.52 Å². The molecule has 2 N–H and O–H groups in total. The summed E-state index contributed by atoms with van der Waals surface area (Å²) in [5.41, 5.74) is 3.35. The highest BCUT2D eigenvalue weighted by Gasteiger charge is 2.15. The lowest BCUT2D eigenvalue weighted by molar-refractivity contribution is 0.267. The predicted octanol–water partition coefficient (Wildman–Crippen LogP) is 5.11. The molecular weight excluding hydrogens is 458 g/mol. The van der Waals surface area contributed by atoms with E-state index >= 15 is 0 Å². The highest BCUT2D eigenvalue weighted by atomic mass is 16.6. The number of hydrogen-bond acceptors (Lipinski definition) is 9. The van der Waals surface area contributed by atoms with Crippen molar-refractivity contribution < 1.29 is 19.1 Å². The first-order valence-electron chi connectivity index (χ1n) is 11.6. The predicted molar refractivity (Wildman–Crippen MR) is 136 cm³/mol. The number of methoxy groups -OCH3 is 1. The van der Waals surface area contributed by atoms with Gasteiger partial charge in [-0.25, -0.2) is 9.97 Å². The van der Waals surface area contributed by atoms with Gasteiger partial charge < -0.3 is 19.9 Å². The second-order valence-corrected chi connectivity index (χ2v) is 7.98. The van der Waals surface area contributed by atoms with E-state index in [1.807, 2.05) is 49.4 Å². The monoisotopic (exact) mass is 483 g/mol. The maximum atomic E-state index is 9.41. The number of anilines is 1. The largest absolute Gasteiger partial charge is 0.496 e. The van der Waals surface area contributed by atoms with Crippen LogP contribution in [0.25, 0.3) is 33.4 Å². The summed E-state index contributed by atoms with van der Waals surface area (Å²) in [6.07, 6.45) is 1.80. The van der Waals surface area contributed by atoms with Crippen LogP contribution in [0.4, 0.5) is 5.82 Å². The zero-order valence-electron chi connectivity index (χ0n) is 19.9. The zero-order chi connectivity index (χ0) is 24.9. The van der Waals surface area contributed by atoms with E-state index in [0.29, 0.717) is 30.3 Å². The molecule has 0 saturated heterocycles. The molecule has 3 aromatic carbocycles. The molecule has 5 rings (SSSR count). The first-order chi connectivity index (χ1) is 17.7. The summed E-state index contributed by atoms with van der Waals surface area (Å²) < 4.78 is 16.1. The SMILES string of the molecule is CCOc1cc(-c2cc(NCCc3c(OC)ccc4ccccc34)ncn2)ccc1-c1noc(O)n1. The van der Waals surface area contributed by atoms with Crippen molar-refractivity contribution in [1.29, 1.82) is 0 Å². The van der Waals surface area contributed by atoms with Crippen molar-refractivity contribution in [3.05, 3.63) is 72.6 Å². The lowest BCUT2D eigenvalue weighted by Crippen LogP contribution is -2.08. The van der Waals surface area contributed by atoms with Crippen LogP contribution in [0.5, 0.6) is 17.6 Å². The molecule has 0 aliphatic carbocycles. The average Bonchev–Trinajstić information content (AvgIpc) is 3.35. The second-order valence-electron chi connectivity index (χ2n) is 7.98. The van der Waals surface area contributed by atoms with Crippen molar-refractivity contribution >= 4 is 16.6 Å². The number of nitrogens with one attached hydrogen (secondary N) is 1. The Morgan fingerprint density at radius 3 is 2.69 bits per heavy atom. The van der Waals surface area contributed by atoms with E-state index in [-0.39, 0.29) is 5.82 Å². The van der Waals surface area contributed by atoms with Crippen molar-refractivity contribution in [2.24, 2.45) is 0 Å². The third kappa shape index (κ3) is 4.76. The first kappa shape index (κ1) is 23.1. The van der Waals surface area contributed by atoms with E-state index < -0.39 is 6.08 Å². The van der Waals surface area contributed by atoms with Gasteiger partial charge in [0.1, 0.15) is 23.6 Å². The molecule has 9 nitrogen and oxygen atoms in total. The quantitative estimate of drug-likeness (QED) is 0.295. The average molecular weight is 484 g/mol. The van der Waals surface area contributed by atoms with Gasteiger partial charge in [0.25, 0.3) is 0 Å². The Labute approximate surface area is 207 Å². The molecule has 0 aliphatic heterocycles. The second kappa shape index (κ2) is 10.3. The molecule has 0 aliphatic rings. The van der Waals surface area contributed by atoms with Gasteiger partial charge in [0.2, 0.25) is 5.82 Å². The number of aromatic hydroxyl groups is 1. The fourth-order valence-electron chi connectivity index (χ4n) is 4.16. The van der Waals surface area contributed by atoms with Gasteiger partial charge in [0.05, 0.1) is 25.0 Å². The molecule has 0 atom stereocenters. The molecule has 9 heteroatoms. The highest BCUT2D eigenvalue weighted by Crippen LogP contribution is 2.33.